The molecule has 1 aromatic heterocycles. The molecule has 0 N–H and O–H groups in total. The summed E-state index contributed by atoms with van der Waals surface area (Å²) in [6.45, 7) is 0.573. The Hall–Kier alpha value is -2.43. The smallest absolute Gasteiger partial charge is 0.319 e. The van der Waals surface area contributed by atoms with Crippen LogP contribution in [0.25, 0.3) is 10.9 Å². The molecule has 0 amide bonds. The highest BCUT2D eigenvalue weighted by molar-refractivity contribution is 6.14. The number of rotatable bonds is 0. The number of pyridine rings is 1. The lowest BCUT2D eigenvalue weighted by molar-refractivity contribution is -0.133. The van der Waals surface area contributed by atoms with E-state index in [-0.39, 0.29) is 23.3 Å². The third-order valence-corrected chi connectivity index (χ3v) is 3.72. The number of ketones is 1. The van der Waals surface area contributed by atoms with E-state index >= 15 is 0 Å². The quantitative estimate of drug-likeness (QED) is 0.521. The summed E-state index contributed by atoms with van der Waals surface area (Å²) in [5.74, 6) is -0.902. The van der Waals surface area contributed by atoms with Gasteiger partial charge in [0.2, 0.25) is 0 Å². The van der Waals surface area contributed by atoms with E-state index in [2.05, 4.69) is 0 Å². The fourth-order valence-corrected chi connectivity index (χ4v) is 2.93. The lowest BCUT2D eigenvalue weighted by atomic mass is 10.0. The Morgan fingerprint density at radius 2 is 2.00 bits per heavy atom. The van der Waals surface area contributed by atoms with E-state index in [4.69, 9.17) is 4.74 Å². The fourth-order valence-electron chi connectivity index (χ4n) is 2.93. The van der Waals surface area contributed by atoms with Gasteiger partial charge in [0, 0.05) is 11.9 Å². The summed E-state index contributed by atoms with van der Waals surface area (Å²) in [5, 5.41) is 0.672. The number of carbonyl (C=O) groups is 2. The molecule has 5 heteroatoms. The summed E-state index contributed by atoms with van der Waals surface area (Å²) in [6, 6.07) is 5.58. The van der Waals surface area contributed by atoms with Crippen molar-refractivity contribution in [2.75, 3.05) is 0 Å². The summed E-state index contributed by atoms with van der Waals surface area (Å²) in [7, 11) is 0. The van der Waals surface area contributed by atoms with Crippen molar-refractivity contribution in [3.63, 3.8) is 0 Å². The minimum atomic E-state index is -0.597. The molecule has 0 unspecified atom stereocenters. The van der Waals surface area contributed by atoms with E-state index in [1.165, 1.54) is 0 Å². The van der Waals surface area contributed by atoms with Gasteiger partial charge in [0.1, 0.15) is 12.0 Å². The van der Waals surface area contributed by atoms with Gasteiger partial charge in [-0.25, -0.2) is 0 Å². The van der Waals surface area contributed by atoms with Crippen LogP contribution < -0.4 is 10.3 Å². The third kappa shape index (κ3) is 1.22. The Balaban J connectivity index is 2.25. The second-order valence-corrected chi connectivity index (χ2v) is 4.80. The van der Waals surface area contributed by atoms with Crippen LogP contribution >= 0.6 is 0 Å². The minimum absolute atomic E-state index is 0.0196. The van der Waals surface area contributed by atoms with E-state index in [0.717, 1.165) is 17.5 Å². The molecule has 0 bridgehead atoms. The molecule has 4 rings (SSSR count). The number of benzene rings is 1. The van der Waals surface area contributed by atoms with Crippen LogP contribution in [0.15, 0.2) is 23.0 Å². The number of fused-ring (bicyclic) bond motifs is 2. The molecule has 3 heterocycles. The normalized spacial score (nSPS) is 16.6. The van der Waals surface area contributed by atoms with Gasteiger partial charge in [-0.3, -0.25) is 14.4 Å². The van der Waals surface area contributed by atoms with E-state index in [0.29, 0.717) is 11.9 Å². The maximum absolute atomic E-state index is 12.4. The number of esters is 1. The van der Waals surface area contributed by atoms with Crippen LogP contribution in [0.2, 0.25) is 0 Å². The molecule has 0 aliphatic carbocycles. The zero-order chi connectivity index (χ0) is 13.1. The lowest BCUT2D eigenvalue weighted by Crippen LogP contribution is -2.32. The maximum atomic E-state index is 12.4. The molecule has 5 nitrogen and oxygen atoms in total. The van der Waals surface area contributed by atoms with Gasteiger partial charge in [-0.1, -0.05) is 12.1 Å². The van der Waals surface area contributed by atoms with Gasteiger partial charge in [-0.05, 0) is 18.1 Å². The molecular weight excluding hydrogens is 246 g/mol. The average molecular weight is 255 g/mol. The number of aryl methyl sites for hydroxylation is 2. The Kier molecular flexibility index (Phi) is 1.83. The first-order valence-electron chi connectivity index (χ1n) is 6.09. The van der Waals surface area contributed by atoms with Crippen molar-refractivity contribution in [2.24, 2.45) is 0 Å². The second kappa shape index (κ2) is 3.32. The highest BCUT2D eigenvalue weighted by atomic mass is 16.5. The number of para-hydroxylation sites is 1. The lowest BCUT2D eigenvalue weighted by Gasteiger charge is -2.17. The number of aromatic nitrogens is 1. The molecule has 0 spiro atoms. The summed E-state index contributed by atoms with van der Waals surface area (Å²) >= 11 is 0. The largest absolute Gasteiger partial charge is 0.424 e. The Morgan fingerprint density at radius 1 is 1.16 bits per heavy atom. The van der Waals surface area contributed by atoms with E-state index in [1.807, 2.05) is 12.1 Å². The van der Waals surface area contributed by atoms with E-state index in [1.54, 1.807) is 10.6 Å². The number of nitrogens with zero attached hydrogens (tertiary/aromatic N) is 1. The molecule has 2 aromatic rings. The molecule has 19 heavy (non-hydrogen) atoms. The Morgan fingerprint density at radius 3 is 2.84 bits per heavy atom. The van der Waals surface area contributed by atoms with Crippen molar-refractivity contribution >= 4 is 22.7 Å². The van der Waals surface area contributed by atoms with Gasteiger partial charge in [-0.15, -0.1) is 0 Å². The first kappa shape index (κ1) is 10.5. The highest BCUT2D eigenvalue weighted by Gasteiger charge is 2.32. The van der Waals surface area contributed by atoms with Crippen LogP contribution in [0.5, 0.6) is 5.75 Å². The summed E-state index contributed by atoms with van der Waals surface area (Å²) in [6.07, 6.45) is 0.408. The molecule has 2 aliphatic heterocycles. The van der Waals surface area contributed by atoms with E-state index < -0.39 is 11.8 Å². The summed E-state index contributed by atoms with van der Waals surface area (Å²) in [5.41, 5.74) is 1.51. The molecule has 2 aliphatic rings. The number of carbonyl (C=O) groups excluding carboxylic acids is 2. The maximum Gasteiger partial charge on any atom is 0.319 e. The van der Waals surface area contributed by atoms with Crippen LogP contribution in [-0.4, -0.2) is 16.3 Å². The van der Waals surface area contributed by atoms with Crippen molar-refractivity contribution in [1.82, 2.24) is 4.57 Å². The topological polar surface area (TPSA) is 65.4 Å². The van der Waals surface area contributed by atoms with Crippen molar-refractivity contribution in [3.8, 4) is 5.75 Å². The first-order valence-corrected chi connectivity index (χ1v) is 6.09. The zero-order valence-corrected chi connectivity index (χ0v) is 9.93. The van der Waals surface area contributed by atoms with Gasteiger partial charge in [0.05, 0.1) is 5.52 Å². The fraction of sp³-hybridized carbons (Fsp3) is 0.214. The van der Waals surface area contributed by atoms with Gasteiger partial charge < -0.3 is 9.30 Å². The van der Waals surface area contributed by atoms with Crippen LogP contribution in [0.4, 0.5) is 0 Å². The molecule has 0 atom stereocenters. The molecule has 0 fully saturated rings. The Labute approximate surface area is 107 Å². The molecule has 1 aromatic carbocycles. The third-order valence-electron chi connectivity index (χ3n) is 3.72. The monoisotopic (exact) mass is 255 g/mol. The molecular formula is C14H9NO4. The number of Topliss-reactive ketones (excluding diaryl/α,β-unsaturated/α-hetero) is 1. The predicted octanol–water partition coefficient (Wildman–Crippen LogP) is 1.05. The van der Waals surface area contributed by atoms with Crippen molar-refractivity contribution in [1.29, 1.82) is 0 Å². The predicted molar refractivity (Wildman–Crippen MR) is 66.5 cm³/mol. The number of hydrogen-bond acceptors (Lipinski definition) is 4. The van der Waals surface area contributed by atoms with Gasteiger partial charge >= 0.3 is 5.97 Å². The first-order chi connectivity index (χ1) is 9.16. The number of hydrogen-bond donors (Lipinski definition) is 0. The molecule has 0 saturated heterocycles. The van der Waals surface area contributed by atoms with Crippen molar-refractivity contribution in [3.05, 3.63) is 39.7 Å². The minimum Gasteiger partial charge on any atom is -0.424 e. The van der Waals surface area contributed by atoms with Crippen LogP contribution in [-0.2, 0) is 17.8 Å². The molecule has 0 radical (unpaired) electrons. The van der Waals surface area contributed by atoms with Gasteiger partial charge in [0.15, 0.2) is 11.5 Å². The van der Waals surface area contributed by atoms with Crippen LogP contribution in [0.3, 0.4) is 0 Å². The van der Waals surface area contributed by atoms with Gasteiger partial charge in [-0.2, -0.15) is 0 Å². The highest BCUT2D eigenvalue weighted by Crippen LogP contribution is 2.35. The standard InChI is InChI=1S/C14H9NO4/c16-9-6-10(17)19-13-8-3-1-2-7-4-5-15(12(7)8)14(18)11(9)13/h1-3H,4-6H2. The zero-order valence-electron chi connectivity index (χ0n) is 9.93. The van der Waals surface area contributed by atoms with Crippen LogP contribution in [0, 0.1) is 0 Å². The van der Waals surface area contributed by atoms with Gasteiger partial charge in [0.25, 0.3) is 5.56 Å². The van der Waals surface area contributed by atoms with Crippen LogP contribution in [0.1, 0.15) is 22.3 Å². The van der Waals surface area contributed by atoms with Crippen molar-refractivity contribution < 1.29 is 14.3 Å². The average Bonchev–Trinajstić information content (AvgIpc) is 2.80. The van der Waals surface area contributed by atoms with E-state index in [9.17, 15) is 14.4 Å². The SMILES string of the molecule is O=C1CC(=O)c2c(c3cccc4c3n(c2=O)CC4)O1. The summed E-state index contributed by atoms with van der Waals surface area (Å²) in [4.78, 5) is 35.7. The molecule has 94 valence electrons. The Bertz CT molecular complexity index is 831. The second-order valence-electron chi connectivity index (χ2n) is 4.80. The molecule has 0 saturated carbocycles. The number of ether oxygens (including phenoxy) is 1. The van der Waals surface area contributed by atoms with Crippen molar-refractivity contribution in [2.45, 2.75) is 19.4 Å². The summed E-state index contributed by atoms with van der Waals surface area (Å²) < 4.78 is 6.77.